The first-order valence-corrected chi connectivity index (χ1v) is 22.5. The molecule has 3 heterocycles. The topological polar surface area (TPSA) is 303 Å². The van der Waals surface area contributed by atoms with Crippen molar-refractivity contribution in [1.82, 2.24) is 29.9 Å². The van der Waals surface area contributed by atoms with Crippen molar-refractivity contribution in [1.29, 1.82) is 0 Å². The van der Waals surface area contributed by atoms with Crippen molar-refractivity contribution in [3.05, 3.63) is 120 Å². The second-order valence-corrected chi connectivity index (χ2v) is 16.4. The van der Waals surface area contributed by atoms with Crippen molar-refractivity contribution >= 4 is 140 Å². The second-order valence-electron chi connectivity index (χ2n) is 14.0. The number of urea groups is 3. The molecule has 0 aliphatic carbocycles. The molecule has 0 atom stereocenters. The van der Waals surface area contributed by atoms with Crippen molar-refractivity contribution in [2.75, 3.05) is 74.4 Å². The van der Waals surface area contributed by atoms with E-state index in [0.717, 1.165) is 24.2 Å². The molecule has 6 amide bonds. The number of benzene rings is 3. The van der Waals surface area contributed by atoms with E-state index in [9.17, 15) is 14.4 Å². The summed E-state index contributed by atoms with van der Waals surface area (Å²) in [6.07, 6.45) is 1.65. The van der Waals surface area contributed by atoms with Gasteiger partial charge in [-0.25, -0.2) is 29.3 Å². The fourth-order valence-electron chi connectivity index (χ4n) is 5.23. The van der Waals surface area contributed by atoms with E-state index < -0.39 is 18.1 Å². The Hall–Kier alpha value is -6.23. The number of hydrogen-bond donors (Lipinski definition) is 11. The molecule has 0 radical (unpaired) electrons. The van der Waals surface area contributed by atoms with Crippen molar-refractivity contribution in [3.8, 4) is 0 Å². The van der Waals surface area contributed by atoms with Crippen LogP contribution >= 0.6 is 69.6 Å². The second kappa shape index (κ2) is 27.6. The number of rotatable bonds is 14. The van der Waals surface area contributed by atoms with Crippen LogP contribution in [-0.2, 0) is 0 Å². The molecule has 6 aromatic rings. The van der Waals surface area contributed by atoms with Crippen LogP contribution in [0.15, 0.2) is 72.8 Å². The summed E-state index contributed by atoms with van der Waals surface area (Å²) in [5, 5.41) is 24.1. The van der Waals surface area contributed by atoms with Crippen LogP contribution < -0.4 is 59.7 Å². The van der Waals surface area contributed by atoms with E-state index >= 15 is 0 Å². The van der Waals surface area contributed by atoms with E-state index in [1.807, 2.05) is 13.8 Å². The number of aromatic nitrogens is 6. The highest BCUT2D eigenvalue weighted by atomic mass is 35.5. The van der Waals surface area contributed by atoms with Gasteiger partial charge in [0, 0.05) is 65.4 Å². The normalized spacial score (nSPS) is 10.3. The van der Waals surface area contributed by atoms with Gasteiger partial charge in [-0.05, 0) is 101 Å². The molecule has 20 nitrogen and oxygen atoms in total. The predicted octanol–water partition coefficient (Wildman–Crippen LogP) is 10.3. The molecule has 3 aromatic carbocycles. The van der Waals surface area contributed by atoms with E-state index in [-0.39, 0.29) is 23.7 Å². The van der Waals surface area contributed by atoms with Gasteiger partial charge < -0.3 is 43.8 Å². The van der Waals surface area contributed by atoms with Crippen LogP contribution in [0.4, 0.5) is 66.7 Å². The van der Waals surface area contributed by atoms with Crippen LogP contribution in [0.25, 0.3) is 0 Å². The van der Waals surface area contributed by atoms with Gasteiger partial charge in [-0.1, -0.05) is 69.6 Å². The summed E-state index contributed by atoms with van der Waals surface area (Å²) in [5.41, 5.74) is 20.1. The van der Waals surface area contributed by atoms with Crippen LogP contribution in [0.5, 0.6) is 0 Å². The van der Waals surface area contributed by atoms with Gasteiger partial charge in [0.2, 0.25) is 17.8 Å². The summed E-state index contributed by atoms with van der Waals surface area (Å²) in [6.45, 7) is 7.96. The summed E-state index contributed by atoms with van der Waals surface area (Å²) in [5.74, 6) is 2.05. The molecule has 0 aliphatic heterocycles. The molecule has 0 spiro atoms. The quantitative estimate of drug-likeness (QED) is 0.0452. The minimum Gasteiger partial charge on any atom is -0.384 e. The Bertz CT molecular complexity index is 2540. The lowest BCUT2D eigenvalue weighted by Gasteiger charge is -2.10. The van der Waals surface area contributed by atoms with E-state index in [0.29, 0.717) is 90.7 Å². The van der Waals surface area contributed by atoms with Gasteiger partial charge in [0.15, 0.2) is 0 Å². The predicted molar refractivity (Wildman–Crippen MR) is 276 cm³/mol. The van der Waals surface area contributed by atoms with E-state index in [4.69, 9.17) is 86.8 Å². The number of hydrogen-bond acceptors (Lipinski definition) is 14. The van der Waals surface area contributed by atoms with Crippen LogP contribution in [0, 0.1) is 20.8 Å². The smallest absolute Gasteiger partial charge is 0.326 e. The Morgan fingerprint density at radius 3 is 1.07 bits per heavy atom. The van der Waals surface area contributed by atoms with Gasteiger partial charge in [0.25, 0.3) is 0 Å². The Labute approximate surface area is 421 Å². The highest BCUT2D eigenvalue weighted by Crippen LogP contribution is 2.27. The van der Waals surface area contributed by atoms with Gasteiger partial charge in [0.05, 0.1) is 30.1 Å². The average molecular weight is 1050 g/mol. The summed E-state index contributed by atoms with van der Waals surface area (Å²) < 4.78 is 0. The molecular formula is C42H47Cl6N17O3. The van der Waals surface area contributed by atoms with Gasteiger partial charge in [-0.3, -0.25) is 16.0 Å². The van der Waals surface area contributed by atoms with Gasteiger partial charge in [-0.2, -0.15) is 15.0 Å². The van der Waals surface area contributed by atoms with Crippen LogP contribution in [0.2, 0.25) is 30.1 Å². The molecule has 0 unspecified atom stereocenters. The average Bonchev–Trinajstić information content (AvgIpc) is 3.25. The first kappa shape index (κ1) is 54.4. The third-order valence-electron chi connectivity index (χ3n) is 8.16. The Morgan fingerprint density at radius 1 is 0.441 bits per heavy atom. The van der Waals surface area contributed by atoms with Crippen LogP contribution in [-0.4, -0.2) is 74.2 Å². The maximum atomic E-state index is 12.0. The zero-order chi connectivity index (χ0) is 49.8. The summed E-state index contributed by atoms with van der Waals surface area (Å²) in [7, 11) is 0. The lowest BCUT2D eigenvalue weighted by atomic mass is 10.3. The fourth-order valence-corrected chi connectivity index (χ4v) is 6.12. The zero-order valence-electron chi connectivity index (χ0n) is 36.6. The minimum atomic E-state index is -0.506. The molecule has 14 N–H and O–H groups in total. The molecule has 3 aromatic heterocycles. The fraction of sp³-hybridized carbons (Fsp3) is 0.214. The standard InChI is InChI=1S/2C15H18Cl2N6O.C12H11Cl2N5O/c2*1-9-7-13(19-6-2-5-18)22-14(20-9)23-15(24)21-10-3-4-11(16)12(17)8-10;1-6-4-10(15)18-11(16-6)19-12(20)17-7-2-3-8(13)9(14)5-7/h2*3-4,7-8H,2,5-6,18H2,1H3,(H3,19,20,21,22,23,24);2-5H,1H3,(H4,15,16,17,18,19,20). The maximum absolute atomic E-state index is 12.0. The molecular weight excluding hydrogens is 1000 g/mol. The number of carbonyl (C=O) groups is 3. The van der Waals surface area contributed by atoms with E-state index in [1.165, 1.54) is 6.07 Å². The Kier molecular flexibility index (Phi) is 22.0. The SMILES string of the molecule is Cc1cc(N)nc(NC(=O)Nc2ccc(Cl)c(Cl)c2)n1.Cc1cc(NCCCN)nc(NC(=O)Nc2ccc(Cl)c(Cl)c2)n1.Cc1cc(NCCCN)nc(NC(=O)Nc2ccc(Cl)c(Cl)c2)n1. The molecule has 0 saturated carbocycles. The molecule has 6 rings (SSSR count). The van der Waals surface area contributed by atoms with Gasteiger partial charge in [0.1, 0.15) is 17.5 Å². The molecule has 0 saturated heterocycles. The zero-order valence-corrected chi connectivity index (χ0v) is 41.1. The number of nitrogen functional groups attached to an aromatic ring is 1. The highest BCUT2D eigenvalue weighted by Gasteiger charge is 2.11. The first-order chi connectivity index (χ1) is 32.4. The summed E-state index contributed by atoms with van der Waals surface area (Å²) in [6, 6.07) is 18.1. The first-order valence-electron chi connectivity index (χ1n) is 20.2. The minimum absolute atomic E-state index is 0.125. The monoisotopic (exact) mass is 1050 g/mol. The van der Waals surface area contributed by atoms with Gasteiger partial charge in [-0.15, -0.1) is 0 Å². The molecule has 68 heavy (non-hydrogen) atoms. The number of nitrogens with one attached hydrogen (secondary N) is 8. The highest BCUT2D eigenvalue weighted by molar-refractivity contribution is 6.43. The van der Waals surface area contributed by atoms with Crippen molar-refractivity contribution in [2.24, 2.45) is 11.5 Å². The van der Waals surface area contributed by atoms with E-state index in [2.05, 4.69) is 72.4 Å². The van der Waals surface area contributed by atoms with Crippen molar-refractivity contribution < 1.29 is 14.4 Å². The number of anilines is 9. The number of nitrogens with two attached hydrogens (primary N) is 3. The molecule has 360 valence electrons. The van der Waals surface area contributed by atoms with Crippen molar-refractivity contribution in [2.45, 2.75) is 33.6 Å². The lowest BCUT2D eigenvalue weighted by molar-refractivity contribution is 0.261. The van der Waals surface area contributed by atoms with Crippen molar-refractivity contribution in [3.63, 3.8) is 0 Å². The number of halogens is 6. The summed E-state index contributed by atoms with van der Waals surface area (Å²) >= 11 is 35.1. The number of nitrogens with zero attached hydrogens (tertiary/aromatic N) is 6. The Balaban J connectivity index is 0.000000223. The Morgan fingerprint density at radius 2 is 0.765 bits per heavy atom. The summed E-state index contributed by atoms with van der Waals surface area (Å²) in [4.78, 5) is 60.6. The number of aryl methyl sites for hydroxylation is 3. The molecule has 26 heteroatoms. The van der Waals surface area contributed by atoms with Crippen LogP contribution in [0.1, 0.15) is 29.9 Å². The number of carbonyl (C=O) groups excluding carboxylic acids is 3. The maximum Gasteiger partial charge on any atom is 0.326 e. The third-order valence-corrected chi connectivity index (χ3v) is 10.4. The van der Waals surface area contributed by atoms with Crippen LogP contribution in [0.3, 0.4) is 0 Å². The molecule has 0 fully saturated rings. The third kappa shape index (κ3) is 19.5. The van der Waals surface area contributed by atoms with E-state index in [1.54, 1.807) is 73.7 Å². The molecule has 0 bridgehead atoms. The van der Waals surface area contributed by atoms with Gasteiger partial charge >= 0.3 is 18.1 Å². The largest absolute Gasteiger partial charge is 0.384 e. The lowest BCUT2D eigenvalue weighted by Crippen LogP contribution is -2.21. The number of amides is 6. The molecule has 0 aliphatic rings.